The minimum Gasteiger partial charge on any atom is -0.440 e. The number of nitrogen functional groups attached to an aromatic ring is 1. The van der Waals surface area contributed by atoms with Gasteiger partial charge in [-0.15, -0.1) is 0 Å². The van der Waals surface area contributed by atoms with Gasteiger partial charge >= 0.3 is 0 Å². The van der Waals surface area contributed by atoms with E-state index in [2.05, 4.69) is 9.97 Å². The average molecular weight is 347 g/mol. The van der Waals surface area contributed by atoms with Crippen molar-refractivity contribution >= 4 is 17.6 Å². The molecule has 3 rings (SSSR count). The molecular weight excluding hydrogens is 334 g/mol. The Hall–Kier alpha value is -3.29. The molecule has 1 aromatic carbocycles. The minimum atomic E-state index is -0.176. The molecular formula is C18H13N5OS. The topological polar surface area (TPSA) is 113 Å². The normalized spacial score (nSPS) is 11.5. The molecule has 3 aromatic rings. The number of nitriles is 2. The second-order valence-corrected chi connectivity index (χ2v) is 6.52. The van der Waals surface area contributed by atoms with Crippen molar-refractivity contribution in [2.24, 2.45) is 0 Å². The lowest BCUT2D eigenvalue weighted by Gasteiger charge is -2.09. The molecule has 0 unspecified atom stereocenters. The van der Waals surface area contributed by atoms with Gasteiger partial charge in [-0.2, -0.15) is 10.5 Å². The van der Waals surface area contributed by atoms with Crippen molar-refractivity contribution < 1.29 is 4.42 Å². The van der Waals surface area contributed by atoms with E-state index < -0.39 is 0 Å². The van der Waals surface area contributed by atoms with Gasteiger partial charge in [-0.1, -0.05) is 42.1 Å². The molecule has 0 bridgehead atoms. The molecule has 0 amide bonds. The second kappa shape index (κ2) is 7.08. The Morgan fingerprint density at radius 3 is 2.56 bits per heavy atom. The monoisotopic (exact) mass is 347 g/mol. The maximum atomic E-state index is 9.27. The second-order valence-electron chi connectivity index (χ2n) is 5.19. The molecule has 0 saturated heterocycles. The number of rotatable bonds is 4. The van der Waals surface area contributed by atoms with Crippen LogP contribution >= 0.6 is 11.8 Å². The number of nitrogens with two attached hydrogens (primary N) is 1. The highest BCUT2D eigenvalue weighted by Crippen LogP contribution is 2.37. The number of nitrogens with zero attached hydrogens (tertiary/aromatic N) is 4. The van der Waals surface area contributed by atoms with Crippen LogP contribution in [-0.4, -0.2) is 9.97 Å². The SMILES string of the molecule is C[C@@H](Sc1nc(N)c(C#N)cc1C#N)c1ncc(-c2ccccc2)o1. The molecule has 7 heteroatoms. The maximum Gasteiger partial charge on any atom is 0.208 e. The van der Waals surface area contributed by atoms with Gasteiger partial charge < -0.3 is 10.2 Å². The van der Waals surface area contributed by atoms with E-state index in [1.165, 1.54) is 17.8 Å². The van der Waals surface area contributed by atoms with Crippen LogP contribution in [0.25, 0.3) is 11.3 Å². The Morgan fingerprint density at radius 1 is 1.16 bits per heavy atom. The van der Waals surface area contributed by atoms with Gasteiger partial charge in [-0.25, -0.2) is 9.97 Å². The Morgan fingerprint density at radius 2 is 1.88 bits per heavy atom. The predicted molar refractivity (Wildman–Crippen MR) is 94.3 cm³/mol. The summed E-state index contributed by atoms with van der Waals surface area (Å²) >= 11 is 1.31. The fourth-order valence-electron chi connectivity index (χ4n) is 2.20. The number of oxazole rings is 1. The Bertz CT molecular complexity index is 985. The van der Waals surface area contributed by atoms with Crippen LogP contribution in [0, 0.1) is 22.7 Å². The quantitative estimate of drug-likeness (QED) is 0.712. The summed E-state index contributed by atoms with van der Waals surface area (Å²) in [6.07, 6.45) is 1.67. The van der Waals surface area contributed by atoms with E-state index in [0.29, 0.717) is 22.2 Å². The van der Waals surface area contributed by atoms with E-state index in [0.717, 1.165) is 5.56 Å². The number of pyridine rings is 1. The first-order chi connectivity index (χ1) is 12.1. The van der Waals surface area contributed by atoms with Crippen molar-refractivity contribution in [2.75, 3.05) is 5.73 Å². The summed E-state index contributed by atoms with van der Waals surface area (Å²) in [4.78, 5) is 8.49. The van der Waals surface area contributed by atoms with Crippen molar-refractivity contribution in [1.82, 2.24) is 9.97 Å². The van der Waals surface area contributed by atoms with Crippen LogP contribution in [0.1, 0.15) is 29.2 Å². The standard InChI is InChI=1S/C18H13N5OS/c1-11(17-22-10-15(24-17)12-5-3-2-4-6-12)25-18-14(9-20)7-13(8-19)16(21)23-18/h2-7,10-11H,1H3,(H2,21,23)/t11-/m1/s1. The van der Waals surface area contributed by atoms with E-state index >= 15 is 0 Å². The number of hydrogen-bond donors (Lipinski definition) is 1. The van der Waals surface area contributed by atoms with Crippen molar-refractivity contribution in [2.45, 2.75) is 17.2 Å². The smallest absolute Gasteiger partial charge is 0.208 e. The molecule has 0 aliphatic rings. The van der Waals surface area contributed by atoms with Gasteiger partial charge in [-0.05, 0) is 13.0 Å². The molecule has 0 radical (unpaired) electrons. The zero-order valence-electron chi connectivity index (χ0n) is 13.3. The summed E-state index contributed by atoms with van der Waals surface area (Å²) in [5, 5.41) is 18.5. The molecule has 2 N–H and O–H groups in total. The van der Waals surface area contributed by atoms with Gasteiger partial charge in [0.2, 0.25) is 5.89 Å². The van der Waals surface area contributed by atoms with Crippen LogP contribution < -0.4 is 5.73 Å². The lowest BCUT2D eigenvalue weighted by atomic mass is 10.2. The lowest BCUT2D eigenvalue weighted by molar-refractivity contribution is 0.510. The van der Waals surface area contributed by atoms with E-state index in [1.807, 2.05) is 49.4 Å². The summed E-state index contributed by atoms with van der Waals surface area (Å²) in [6.45, 7) is 1.91. The summed E-state index contributed by atoms with van der Waals surface area (Å²) in [5.74, 6) is 1.31. The highest BCUT2D eigenvalue weighted by molar-refractivity contribution is 7.99. The van der Waals surface area contributed by atoms with Gasteiger partial charge in [-0.3, -0.25) is 0 Å². The predicted octanol–water partition coefficient (Wildman–Crippen LogP) is 3.92. The summed E-state index contributed by atoms with van der Waals surface area (Å²) in [7, 11) is 0. The number of aromatic nitrogens is 2. The number of benzene rings is 1. The molecule has 0 aliphatic carbocycles. The van der Waals surface area contributed by atoms with E-state index in [4.69, 9.17) is 15.4 Å². The third-order valence-corrected chi connectivity index (χ3v) is 4.57. The van der Waals surface area contributed by atoms with Crippen molar-refractivity contribution in [3.05, 3.63) is 59.6 Å². The first-order valence-electron chi connectivity index (χ1n) is 7.41. The van der Waals surface area contributed by atoms with Crippen LogP contribution in [0.3, 0.4) is 0 Å². The van der Waals surface area contributed by atoms with Crippen LogP contribution in [0.4, 0.5) is 5.82 Å². The van der Waals surface area contributed by atoms with Crippen LogP contribution in [-0.2, 0) is 0 Å². The third-order valence-electron chi connectivity index (χ3n) is 3.48. The van der Waals surface area contributed by atoms with Gasteiger partial charge in [0.15, 0.2) is 5.76 Å². The minimum absolute atomic E-state index is 0.105. The molecule has 0 spiro atoms. The number of thioether (sulfide) groups is 1. The zero-order valence-corrected chi connectivity index (χ0v) is 14.1. The average Bonchev–Trinajstić information content (AvgIpc) is 3.13. The largest absolute Gasteiger partial charge is 0.440 e. The highest BCUT2D eigenvalue weighted by atomic mass is 32.2. The highest BCUT2D eigenvalue weighted by Gasteiger charge is 2.19. The van der Waals surface area contributed by atoms with Crippen molar-refractivity contribution in [3.8, 4) is 23.5 Å². The molecule has 25 heavy (non-hydrogen) atoms. The van der Waals surface area contributed by atoms with Gasteiger partial charge in [0, 0.05) is 5.56 Å². The van der Waals surface area contributed by atoms with Crippen LogP contribution in [0.15, 0.2) is 52.0 Å². The third kappa shape index (κ3) is 3.47. The molecule has 1 atom stereocenters. The van der Waals surface area contributed by atoms with Crippen LogP contribution in [0.2, 0.25) is 0 Å². The van der Waals surface area contributed by atoms with E-state index in [9.17, 15) is 5.26 Å². The summed E-state index contributed by atoms with van der Waals surface area (Å²) in [6, 6.07) is 15.1. The van der Waals surface area contributed by atoms with Gasteiger partial charge in [0.05, 0.1) is 22.6 Å². The first-order valence-corrected chi connectivity index (χ1v) is 8.29. The summed E-state index contributed by atoms with van der Waals surface area (Å²) < 4.78 is 5.83. The molecule has 0 fully saturated rings. The fourth-order valence-corrected chi connectivity index (χ4v) is 3.13. The first kappa shape index (κ1) is 16.6. The Balaban J connectivity index is 1.85. The van der Waals surface area contributed by atoms with Crippen molar-refractivity contribution in [3.63, 3.8) is 0 Å². The molecule has 0 saturated carbocycles. The van der Waals surface area contributed by atoms with Crippen LogP contribution in [0.5, 0.6) is 0 Å². The van der Waals surface area contributed by atoms with Crippen molar-refractivity contribution in [1.29, 1.82) is 10.5 Å². The molecule has 6 nitrogen and oxygen atoms in total. The zero-order chi connectivity index (χ0) is 17.8. The van der Waals surface area contributed by atoms with E-state index in [1.54, 1.807) is 6.20 Å². The Labute approximate surface area is 148 Å². The number of hydrogen-bond acceptors (Lipinski definition) is 7. The van der Waals surface area contributed by atoms with E-state index in [-0.39, 0.29) is 16.6 Å². The van der Waals surface area contributed by atoms with Gasteiger partial charge in [0.1, 0.15) is 23.0 Å². The molecule has 122 valence electrons. The Kier molecular flexibility index (Phi) is 4.69. The maximum absolute atomic E-state index is 9.27. The summed E-state index contributed by atoms with van der Waals surface area (Å²) in [5.41, 5.74) is 7.19. The molecule has 0 aliphatic heterocycles. The lowest BCUT2D eigenvalue weighted by Crippen LogP contribution is -2.00. The molecule has 2 heterocycles. The van der Waals surface area contributed by atoms with Gasteiger partial charge in [0.25, 0.3) is 0 Å². The molecule has 2 aromatic heterocycles. The fraction of sp³-hybridized carbons (Fsp3) is 0.111. The number of anilines is 1.